The van der Waals surface area contributed by atoms with E-state index in [4.69, 9.17) is 4.98 Å². The normalized spacial score (nSPS) is 22.4. The van der Waals surface area contributed by atoms with Crippen LogP contribution in [0.4, 0.5) is 0 Å². The van der Waals surface area contributed by atoms with Crippen LogP contribution in [0.25, 0.3) is 39.9 Å². The highest BCUT2D eigenvalue weighted by molar-refractivity contribution is 5.84. The Labute approximate surface area is 217 Å². The molecule has 1 aromatic heterocycles. The van der Waals surface area contributed by atoms with E-state index in [0.29, 0.717) is 17.5 Å². The van der Waals surface area contributed by atoms with Crippen LogP contribution in [0.2, 0.25) is 0 Å². The van der Waals surface area contributed by atoms with E-state index >= 15 is 0 Å². The average Bonchev–Trinajstić information content (AvgIpc) is 3.23. The summed E-state index contributed by atoms with van der Waals surface area (Å²) in [5.41, 5.74) is 1.47. The van der Waals surface area contributed by atoms with Crippen LogP contribution < -0.4 is 10.4 Å². The fourth-order valence-corrected chi connectivity index (χ4v) is 5.24. The summed E-state index contributed by atoms with van der Waals surface area (Å²) >= 11 is 0. The third-order valence-electron chi connectivity index (χ3n) is 7.69. The number of aryl methyl sites for hydroxylation is 1. The lowest BCUT2D eigenvalue weighted by Gasteiger charge is -2.38. The first-order valence-electron chi connectivity index (χ1n) is 12.7. The van der Waals surface area contributed by atoms with E-state index in [1.807, 2.05) is 37.3 Å². The molecule has 0 amide bonds. The van der Waals surface area contributed by atoms with Gasteiger partial charge in [-0.2, -0.15) is 0 Å². The molecule has 1 heterocycles. The number of nitrogens with zero attached hydrogens (tertiary/aromatic N) is 3. The molecular formula is C34H29N3. The molecule has 0 aliphatic heterocycles. The highest BCUT2D eigenvalue weighted by atomic mass is 15.0. The molecule has 0 bridgehead atoms. The molecule has 2 unspecified atom stereocenters. The summed E-state index contributed by atoms with van der Waals surface area (Å²) in [5, 5.41) is 5.08. The fraction of sp³-hybridized carbons (Fsp3) is 0.147. The quantitative estimate of drug-likeness (QED) is 0.344. The number of rotatable bonds is 3. The number of aromatic nitrogens is 3. The third kappa shape index (κ3) is 4.17. The van der Waals surface area contributed by atoms with Gasteiger partial charge in [0, 0.05) is 22.0 Å². The predicted molar refractivity (Wildman–Crippen MR) is 154 cm³/mol. The molecule has 0 fully saturated rings. The summed E-state index contributed by atoms with van der Waals surface area (Å²) in [4.78, 5) is 14.1. The zero-order valence-corrected chi connectivity index (χ0v) is 21.4. The van der Waals surface area contributed by atoms with E-state index in [-0.39, 0.29) is 10.8 Å². The van der Waals surface area contributed by atoms with Crippen molar-refractivity contribution in [2.45, 2.75) is 20.8 Å². The SMILES string of the molecule is Cc1nc(C2=CC=CC(C)(C3(C)C=CC=c4c(ccc5ccccc45)=C3)C=C2)nc(-c2ccccc2)n1. The van der Waals surface area contributed by atoms with E-state index in [1.165, 1.54) is 21.2 Å². The molecule has 0 saturated heterocycles. The molecule has 6 rings (SSSR count). The smallest absolute Gasteiger partial charge is 0.163 e. The van der Waals surface area contributed by atoms with Gasteiger partial charge in [0.1, 0.15) is 5.82 Å². The molecule has 2 aliphatic rings. The maximum absolute atomic E-state index is 4.82. The minimum Gasteiger partial charge on any atom is -0.213 e. The number of fused-ring (bicyclic) bond motifs is 3. The molecule has 3 aromatic carbocycles. The molecule has 0 N–H and O–H groups in total. The van der Waals surface area contributed by atoms with E-state index in [1.54, 1.807) is 0 Å². The van der Waals surface area contributed by atoms with Crippen molar-refractivity contribution in [1.29, 1.82) is 0 Å². The van der Waals surface area contributed by atoms with Crippen LogP contribution in [0.3, 0.4) is 0 Å². The third-order valence-corrected chi connectivity index (χ3v) is 7.69. The van der Waals surface area contributed by atoms with Gasteiger partial charge >= 0.3 is 0 Å². The summed E-state index contributed by atoms with van der Waals surface area (Å²) in [5.74, 6) is 2.09. The van der Waals surface area contributed by atoms with Crippen molar-refractivity contribution >= 4 is 28.5 Å². The zero-order valence-electron chi connectivity index (χ0n) is 21.4. The molecule has 2 aliphatic carbocycles. The second kappa shape index (κ2) is 8.94. The van der Waals surface area contributed by atoms with Gasteiger partial charge in [0.25, 0.3) is 0 Å². The standard InChI is InChI=1S/C34H29N3/c1-24-35-31(26-12-5-4-6-13-26)37-32(36-24)27-14-9-20-33(2,22-19-27)34(3)21-10-16-30-28(23-34)18-17-25-11-7-8-15-29(25)30/h4-23H,1-3H3. The minimum atomic E-state index is -0.257. The van der Waals surface area contributed by atoms with E-state index in [0.717, 1.165) is 11.1 Å². The lowest BCUT2D eigenvalue weighted by Crippen LogP contribution is -2.34. The van der Waals surface area contributed by atoms with Crippen molar-refractivity contribution in [3.63, 3.8) is 0 Å². The first-order chi connectivity index (χ1) is 17.9. The number of hydrogen-bond donors (Lipinski definition) is 0. The zero-order chi connectivity index (χ0) is 25.5. The second-order valence-corrected chi connectivity index (χ2v) is 10.2. The predicted octanol–water partition coefficient (Wildman–Crippen LogP) is 6.35. The summed E-state index contributed by atoms with van der Waals surface area (Å²) in [6.07, 6.45) is 20.2. The Morgan fingerprint density at radius 2 is 1.38 bits per heavy atom. The van der Waals surface area contributed by atoms with Crippen LogP contribution in [0.15, 0.2) is 109 Å². The van der Waals surface area contributed by atoms with Crippen LogP contribution in [0.1, 0.15) is 25.5 Å². The maximum atomic E-state index is 4.82. The van der Waals surface area contributed by atoms with Crippen molar-refractivity contribution in [2.24, 2.45) is 10.8 Å². The van der Waals surface area contributed by atoms with Gasteiger partial charge in [0.05, 0.1) is 0 Å². The molecule has 0 radical (unpaired) electrons. The maximum Gasteiger partial charge on any atom is 0.163 e. The Morgan fingerprint density at radius 1 is 0.649 bits per heavy atom. The first-order valence-corrected chi connectivity index (χ1v) is 12.7. The van der Waals surface area contributed by atoms with Crippen molar-refractivity contribution in [3.8, 4) is 11.4 Å². The van der Waals surface area contributed by atoms with Crippen molar-refractivity contribution in [1.82, 2.24) is 15.0 Å². The molecule has 0 saturated carbocycles. The van der Waals surface area contributed by atoms with Crippen LogP contribution in [-0.4, -0.2) is 15.0 Å². The van der Waals surface area contributed by atoms with Crippen LogP contribution >= 0.6 is 0 Å². The van der Waals surface area contributed by atoms with Gasteiger partial charge in [-0.15, -0.1) is 0 Å². The Balaban J connectivity index is 1.40. The molecule has 37 heavy (non-hydrogen) atoms. The van der Waals surface area contributed by atoms with Gasteiger partial charge in [-0.05, 0) is 28.1 Å². The highest BCUT2D eigenvalue weighted by Gasteiger charge is 2.38. The van der Waals surface area contributed by atoms with E-state index in [9.17, 15) is 0 Å². The Bertz CT molecular complexity index is 1760. The highest BCUT2D eigenvalue weighted by Crippen LogP contribution is 2.46. The lowest BCUT2D eigenvalue weighted by atomic mass is 9.64. The minimum absolute atomic E-state index is 0.238. The van der Waals surface area contributed by atoms with Crippen molar-refractivity contribution < 1.29 is 0 Å². The van der Waals surface area contributed by atoms with Gasteiger partial charge in [-0.3, -0.25) is 0 Å². The Kier molecular flexibility index (Phi) is 5.57. The molecular weight excluding hydrogens is 450 g/mol. The van der Waals surface area contributed by atoms with Gasteiger partial charge in [-0.25, -0.2) is 15.0 Å². The Hall–Kier alpha value is -4.37. The van der Waals surface area contributed by atoms with E-state index in [2.05, 4.69) is 115 Å². The topological polar surface area (TPSA) is 38.7 Å². The van der Waals surface area contributed by atoms with Gasteiger partial charge in [0.15, 0.2) is 11.6 Å². The monoisotopic (exact) mass is 479 g/mol. The molecule has 3 heteroatoms. The van der Waals surface area contributed by atoms with Crippen LogP contribution in [0, 0.1) is 17.8 Å². The molecule has 3 nitrogen and oxygen atoms in total. The van der Waals surface area contributed by atoms with Crippen molar-refractivity contribution in [3.05, 3.63) is 131 Å². The second-order valence-electron chi connectivity index (χ2n) is 10.2. The lowest BCUT2D eigenvalue weighted by molar-refractivity contribution is 0.339. The Morgan fingerprint density at radius 3 is 2.24 bits per heavy atom. The van der Waals surface area contributed by atoms with Crippen LogP contribution in [-0.2, 0) is 0 Å². The average molecular weight is 480 g/mol. The van der Waals surface area contributed by atoms with Gasteiger partial charge < -0.3 is 0 Å². The molecule has 2 atom stereocenters. The molecule has 4 aromatic rings. The van der Waals surface area contributed by atoms with Crippen molar-refractivity contribution in [2.75, 3.05) is 0 Å². The fourth-order valence-electron chi connectivity index (χ4n) is 5.24. The summed E-state index contributed by atoms with van der Waals surface area (Å²) in [6, 6.07) is 23.1. The molecule has 0 spiro atoms. The molecule has 180 valence electrons. The van der Waals surface area contributed by atoms with Crippen LogP contribution in [0.5, 0.6) is 0 Å². The summed E-state index contributed by atoms with van der Waals surface area (Å²) < 4.78 is 0. The number of hydrogen-bond acceptors (Lipinski definition) is 3. The van der Waals surface area contributed by atoms with E-state index < -0.39 is 0 Å². The number of allylic oxidation sites excluding steroid dienone is 8. The summed E-state index contributed by atoms with van der Waals surface area (Å²) in [6.45, 7) is 6.52. The largest absolute Gasteiger partial charge is 0.213 e. The van der Waals surface area contributed by atoms with Gasteiger partial charge in [-0.1, -0.05) is 135 Å². The van der Waals surface area contributed by atoms with Gasteiger partial charge in [0.2, 0.25) is 0 Å². The number of benzene rings is 3. The first kappa shape index (κ1) is 23.1. The summed E-state index contributed by atoms with van der Waals surface area (Å²) in [7, 11) is 0.